The Kier molecular flexibility index (Phi) is 6.62. The predicted octanol–water partition coefficient (Wildman–Crippen LogP) is 2.61. The normalized spacial score (nSPS) is 17.2. The van der Waals surface area contributed by atoms with E-state index in [1.54, 1.807) is 6.33 Å². The zero-order valence-corrected chi connectivity index (χ0v) is 17.4. The number of ether oxygens (including phenoxy) is 1. The summed E-state index contributed by atoms with van der Waals surface area (Å²) in [6.45, 7) is 15.0. The van der Waals surface area contributed by atoms with Gasteiger partial charge in [0.15, 0.2) is 0 Å². The fraction of sp³-hybridized carbons (Fsp3) is 0.632. The standard InChI is InChI=1S/C19H29N5O2S/c1-5-23-7-9-24(10-8-23)13(3)11-20-17-15-14(4)16(19(25)26-6-2)27-18(15)22-12-21-17/h12-13H,5-11H2,1-4H3,(H,20,21,22). The minimum absolute atomic E-state index is 0.286. The van der Waals surface area contributed by atoms with Crippen LogP contribution < -0.4 is 5.32 Å². The molecule has 0 spiro atoms. The van der Waals surface area contributed by atoms with Crippen molar-refractivity contribution in [1.82, 2.24) is 19.8 Å². The Labute approximate surface area is 164 Å². The molecule has 1 fully saturated rings. The van der Waals surface area contributed by atoms with Gasteiger partial charge in [-0.15, -0.1) is 11.3 Å². The molecule has 0 saturated carbocycles. The molecule has 0 amide bonds. The predicted molar refractivity (Wildman–Crippen MR) is 110 cm³/mol. The quantitative estimate of drug-likeness (QED) is 0.728. The molecule has 7 nitrogen and oxygen atoms in total. The molecular weight excluding hydrogens is 362 g/mol. The molecule has 0 bridgehead atoms. The van der Waals surface area contributed by atoms with Crippen LogP contribution in [0.3, 0.4) is 0 Å². The molecular formula is C19H29N5O2S. The number of anilines is 1. The second-order valence-electron chi connectivity index (χ2n) is 6.88. The summed E-state index contributed by atoms with van der Waals surface area (Å²) >= 11 is 1.37. The van der Waals surface area contributed by atoms with Crippen LogP contribution in [0.25, 0.3) is 10.2 Å². The van der Waals surface area contributed by atoms with Gasteiger partial charge in [0.25, 0.3) is 0 Å². The number of carbonyl (C=O) groups excluding carboxylic acids is 1. The minimum atomic E-state index is -0.286. The van der Waals surface area contributed by atoms with E-state index in [0.29, 0.717) is 17.5 Å². The Morgan fingerprint density at radius 1 is 1.30 bits per heavy atom. The number of likely N-dealkylation sites (N-methyl/N-ethyl adjacent to an activating group) is 1. The third-order valence-electron chi connectivity index (χ3n) is 5.23. The highest BCUT2D eigenvalue weighted by Crippen LogP contribution is 2.33. The molecule has 2 aromatic rings. The highest BCUT2D eigenvalue weighted by Gasteiger charge is 2.22. The van der Waals surface area contributed by atoms with Gasteiger partial charge in [0.2, 0.25) is 0 Å². The van der Waals surface area contributed by atoms with E-state index in [-0.39, 0.29) is 5.97 Å². The van der Waals surface area contributed by atoms with Crippen LogP contribution in [0.4, 0.5) is 5.82 Å². The van der Waals surface area contributed by atoms with Gasteiger partial charge in [-0.1, -0.05) is 6.92 Å². The van der Waals surface area contributed by atoms with Gasteiger partial charge >= 0.3 is 5.97 Å². The van der Waals surface area contributed by atoms with Crippen LogP contribution in [0.2, 0.25) is 0 Å². The summed E-state index contributed by atoms with van der Waals surface area (Å²) in [6, 6.07) is 0.414. The van der Waals surface area contributed by atoms with Crippen molar-refractivity contribution in [2.75, 3.05) is 51.2 Å². The molecule has 1 saturated heterocycles. The van der Waals surface area contributed by atoms with Crippen molar-refractivity contribution in [1.29, 1.82) is 0 Å². The Bertz CT molecular complexity index is 786. The number of piperazine rings is 1. The number of rotatable bonds is 7. The molecule has 1 unspecified atom stereocenters. The molecule has 2 aromatic heterocycles. The van der Waals surface area contributed by atoms with E-state index in [2.05, 4.69) is 38.9 Å². The number of aromatic nitrogens is 2. The second-order valence-corrected chi connectivity index (χ2v) is 7.88. The number of thiophene rings is 1. The zero-order chi connectivity index (χ0) is 19.4. The van der Waals surface area contributed by atoms with Crippen LogP contribution >= 0.6 is 11.3 Å². The fourth-order valence-corrected chi connectivity index (χ4v) is 4.53. The van der Waals surface area contributed by atoms with Gasteiger partial charge in [0, 0.05) is 38.8 Å². The number of hydrogen-bond acceptors (Lipinski definition) is 8. The molecule has 1 N–H and O–H groups in total. The molecule has 3 heterocycles. The number of nitrogens with one attached hydrogen (secondary N) is 1. The summed E-state index contributed by atoms with van der Waals surface area (Å²) in [5.41, 5.74) is 0.890. The lowest BCUT2D eigenvalue weighted by molar-refractivity contribution is 0.0531. The average Bonchev–Trinajstić information content (AvgIpc) is 3.04. The van der Waals surface area contributed by atoms with Gasteiger partial charge in [-0.3, -0.25) is 4.90 Å². The van der Waals surface area contributed by atoms with Crippen LogP contribution in [-0.2, 0) is 4.74 Å². The van der Waals surface area contributed by atoms with Crippen LogP contribution in [0.1, 0.15) is 36.0 Å². The molecule has 0 aromatic carbocycles. The summed E-state index contributed by atoms with van der Waals surface area (Å²) in [5, 5.41) is 4.41. The minimum Gasteiger partial charge on any atom is -0.462 e. The molecule has 1 atom stereocenters. The van der Waals surface area contributed by atoms with Crippen LogP contribution in [0.15, 0.2) is 6.33 Å². The largest absolute Gasteiger partial charge is 0.462 e. The van der Waals surface area contributed by atoms with E-state index in [0.717, 1.165) is 60.9 Å². The molecule has 1 aliphatic heterocycles. The fourth-order valence-electron chi connectivity index (χ4n) is 3.49. The Morgan fingerprint density at radius 3 is 2.70 bits per heavy atom. The van der Waals surface area contributed by atoms with Gasteiger partial charge in [-0.25, -0.2) is 14.8 Å². The molecule has 8 heteroatoms. The van der Waals surface area contributed by atoms with Crippen molar-refractivity contribution >= 4 is 33.3 Å². The van der Waals surface area contributed by atoms with Crippen molar-refractivity contribution < 1.29 is 9.53 Å². The molecule has 3 rings (SSSR count). The van der Waals surface area contributed by atoms with E-state index in [9.17, 15) is 4.79 Å². The lowest BCUT2D eigenvalue weighted by Crippen LogP contribution is -2.51. The van der Waals surface area contributed by atoms with E-state index in [1.807, 2.05) is 13.8 Å². The number of nitrogens with zero attached hydrogens (tertiary/aromatic N) is 4. The maximum Gasteiger partial charge on any atom is 0.348 e. The van der Waals surface area contributed by atoms with E-state index in [1.165, 1.54) is 11.3 Å². The second kappa shape index (κ2) is 8.95. The molecule has 1 aliphatic rings. The summed E-state index contributed by atoms with van der Waals surface area (Å²) in [5.74, 6) is 0.509. The molecule has 0 aliphatic carbocycles. The summed E-state index contributed by atoms with van der Waals surface area (Å²) in [4.78, 5) is 27.4. The highest BCUT2D eigenvalue weighted by atomic mass is 32.1. The molecule has 27 heavy (non-hydrogen) atoms. The Morgan fingerprint density at radius 2 is 2.04 bits per heavy atom. The van der Waals surface area contributed by atoms with Gasteiger partial charge in [0.05, 0.1) is 12.0 Å². The Balaban J connectivity index is 1.71. The van der Waals surface area contributed by atoms with Crippen molar-refractivity contribution in [3.63, 3.8) is 0 Å². The van der Waals surface area contributed by atoms with Crippen LogP contribution in [0.5, 0.6) is 0 Å². The van der Waals surface area contributed by atoms with Crippen molar-refractivity contribution in [2.24, 2.45) is 0 Å². The number of fused-ring (bicyclic) bond motifs is 1. The lowest BCUT2D eigenvalue weighted by atomic mass is 10.2. The first kappa shape index (κ1) is 20.0. The van der Waals surface area contributed by atoms with Crippen molar-refractivity contribution in [3.05, 3.63) is 16.8 Å². The molecule has 0 radical (unpaired) electrons. The summed E-state index contributed by atoms with van der Waals surface area (Å²) in [7, 11) is 0. The highest BCUT2D eigenvalue weighted by molar-refractivity contribution is 7.20. The number of carbonyl (C=O) groups is 1. The molecule has 148 valence electrons. The van der Waals surface area contributed by atoms with Gasteiger partial charge in [-0.05, 0) is 32.9 Å². The monoisotopic (exact) mass is 391 g/mol. The van der Waals surface area contributed by atoms with Crippen LogP contribution in [-0.4, -0.2) is 77.7 Å². The van der Waals surface area contributed by atoms with E-state index < -0.39 is 0 Å². The third kappa shape index (κ3) is 4.39. The zero-order valence-electron chi connectivity index (χ0n) is 16.6. The average molecular weight is 392 g/mol. The van der Waals surface area contributed by atoms with Gasteiger partial charge in [0.1, 0.15) is 21.9 Å². The first-order valence-corrected chi connectivity index (χ1v) is 10.5. The van der Waals surface area contributed by atoms with Crippen molar-refractivity contribution in [2.45, 2.75) is 33.7 Å². The first-order valence-electron chi connectivity index (χ1n) is 9.66. The van der Waals surface area contributed by atoms with Crippen LogP contribution in [0, 0.1) is 6.92 Å². The smallest absolute Gasteiger partial charge is 0.348 e. The third-order valence-corrected chi connectivity index (χ3v) is 6.41. The SMILES string of the molecule is CCOC(=O)c1sc2ncnc(NCC(C)N3CCN(CC)CC3)c2c1C. The van der Waals surface area contributed by atoms with E-state index in [4.69, 9.17) is 4.74 Å². The summed E-state index contributed by atoms with van der Waals surface area (Å²) in [6.07, 6.45) is 1.56. The maximum absolute atomic E-state index is 12.2. The summed E-state index contributed by atoms with van der Waals surface area (Å²) < 4.78 is 5.17. The maximum atomic E-state index is 12.2. The number of aryl methyl sites for hydroxylation is 1. The number of hydrogen-bond donors (Lipinski definition) is 1. The number of esters is 1. The first-order chi connectivity index (χ1) is 13.0. The Hall–Kier alpha value is -1.77. The topological polar surface area (TPSA) is 70.6 Å². The van der Waals surface area contributed by atoms with E-state index >= 15 is 0 Å². The van der Waals surface area contributed by atoms with Gasteiger partial charge in [-0.2, -0.15) is 0 Å². The van der Waals surface area contributed by atoms with Crippen molar-refractivity contribution in [3.8, 4) is 0 Å². The van der Waals surface area contributed by atoms with Gasteiger partial charge < -0.3 is 15.0 Å². The lowest BCUT2D eigenvalue weighted by Gasteiger charge is -2.37.